The van der Waals surface area contributed by atoms with Gasteiger partial charge in [-0.3, -0.25) is 9.59 Å². The summed E-state index contributed by atoms with van der Waals surface area (Å²) in [5.74, 6) is -1.90. The quantitative estimate of drug-likeness (QED) is 0.786. The molecule has 0 fully saturated rings. The van der Waals surface area contributed by atoms with Crippen molar-refractivity contribution in [3.05, 3.63) is 34.6 Å². The molecule has 0 aromatic heterocycles. The number of nitrogens with zero attached hydrogens (tertiary/aromatic N) is 1. The molecule has 0 unspecified atom stereocenters. The highest BCUT2D eigenvalue weighted by Gasteiger charge is 2.25. The summed E-state index contributed by atoms with van der Waals surface area (Å²) in [5.41, 5.74) is -0.157. The van der Waals surface area contributed by atoms with Crippen LogP contribution >= 0.6 is 11.6 Å². The molecule has 1 aromatic carbocycles. The van der Waals surface area contributed by atoms with Crippen LogP contribution in [0.1, 0.15) is 31.1 Å². The molecule has 4 nitrogen and oxygen atoms in total. The minimum Gasteiger partial charge on any atom is -0.465 e. The molecule has 0 aliphatic carbocycles. The molecule has 0 saturated carbocycles. The van der Waals surface area contributed by atoms with Crippen LogP contribution in [0.15, 0.2) is 18.2 Å². The Morgan fingerprint density at radius 2 is 2.05 bits per heavy atom. The van der Waals surface area contributed by atoms with Gasteiger partial charge in [0.2, 0.25) is 0 Å². The second kappa shape index (κ2) is 7.24. The monoisotopic (exact) mass is 301 g/mol. The van der Waals surface area contributed by atoms with Crippen LogP contribution in [0, 0.1) is 5.82 Å². The Hall–Kier alpha value is -1.62. The van der Waals surface area contributed by atoms with E-state index in [4.69, 9.17) is 16.3 Å². The molecule has 0 aliphatic rings. The van der Waals surface area contributed by atoms with Crippen LogP contribution in [0.5, 0.6) is 0 Å². The lowest BCUT2D eigenvalue weighted by atomic mass is 10.1. The molecular weight excluding hydrogens is 285 g/mol. The second-order valence-corrected chi connectivity index (χ2v) is 4.84. The molecule has 0 aliphatic heterocycles. The van der Waals surface area contributed by atoms with Crippen molar-refractivity contribution >= 4 is 23.5 Å². The zero-order valence-electron chi connectivity index (χ0n) is 11.7. The van der Waals surface area contributed by atoms with Crippen LogP contribution in [0.25, 0.3) is 0 Å². The van der Waals surface area contributed by atoms with Gasteiger partial charge in [-0.25, -0.2) is 4.39 Å². The van der Waals surface area contributed by atoms with Crippen LogP contribution < -0.4 is 0 Å². The molecule has 0 saturated heterocycles. The number of benzene rings is 1. The second-order valence-electron chi connectivity index (χ2n) is 4.43. The lowest BCUT2D eigenvalue weighted by molar-refractivity contribution is -0.144. The first kappa shape index (κ1) is 16.4. The van der Waals surface area contributed by atoms with Gasteiger partial charge in [0.25, 0.3) is 5.91 Å². The number of rotatable bonds is 5. The van der Waals surface area contributed by atoms with Gasteiger partial charge in [-0.1, -0.05) is 17.7 Å². The highest BCUT2D eigenvalue weighted by Crippen LogP contribution is 2.20. The summed E-state index contributed by atoms with van der Waals surface area (Å²) >= 11 is 5.66. The number of hydrogen-bond acceptors (Lipinski definition) is 3. The first-order valence-corrected chi connectivity index (χ1v) is 6.66. The molecule has 110 valence electrons. The minimum absolute atomic E-state index is 0.129. The topological polar surface area (TPSA) is 46.6 Å². The van der Waals surface area contributed by atoms with E-state index in [-0.39, 0.29) is 29.8 Å². The van der Waals surface area contributed by atoms with Crippen molar-refractivity contribution in [2.24, 2.45) is 0 Å². The Morgan fingerprint density at radius 1 is 1.40 bits per heavy atom. The van der Waals surface area contributed by atoms with E-state index >= 15 is 0 Å². The highest BCUT2D eigenvalue weighted by atomic mass is 35.5. The standard InChI is InChI=1S/C14H17ClFNO3/c1-4-20-12(18)8-17(9(2)3)14(19)10-6-5-7-11(15)13(10)16/h5-7,9H,4,8H2,1-3H3. The van der Waals surface area contributed by atoms with Crippen LogP contribution in [0.4, 0.5) is 4.39 Å². The van der Waals surface area contributed by atoms with E-state index in [1.807, 2.05) is 0 Å². The highest BCUT2D eigenvalue weighted by molar-refractivity contribution is 6.31. The average Bonchev–Trinajstić information content (AvgIpc) is 2.38. The van der Waals surface area contributed by atoms with E-state index in [1.165, 1.54) is 23.1 Å². The summed E-state index contributed by atoms with van der Waals surface area (Å²) in [7, 11) is 0. The van der Waals surface area contributed by atoms with Crippen molar-refractivity contribution in [2.75, 3.05) is 13.2 Å². The number of hydrogen-bond donors (Lipinski definition) is 0. The Bertz CT molecular complexity index is 505. The lowest BCUT2D eigenvalue weighted by Crippen LogP contribution is -2.41. The summed E-state index contributed by atoms with van der Waals surface area (Å²) in [6.45, 7) is 5.15. The summed E-state index contributed by atoms with van der Waals surface area (Å²) in [5, 5.41) is -0.129. The van der Waals surface area contributed by atoms with Crippen LogP contribution in [-0.2, 0) is 9.53 Å². The summed E-state index contributed by atoms with van der Waals surface area (Å²) in [6.07, 6.45) is 0. The molecular formula is C14H17ClFNO3. The SMILES string of the molecule is CCOC(=O)CN(C(=O)c1cccc(Cl)c1F)C(C)C. The molecule has 0 N–H and O–H groups in total. The maximum atomic E-state index is 13.9. The fourth-order valence-corrected chi connectivity index (χ4v) is 1.83. The normalized spacial score (nSPS) is 10.5. The van der Waals surface area contributed by atoms with Crippen molar-refractivity contribution in [1.82, 2.24) is 4.90 Å². The first-order chi connectivity index (χ1) is 9.38. The molecule has 1 rings (SSSR count). The minimum atomic E-state index is -0.784. The molecule has 0 heterocycles. The number of carbonyl (C=O) groups is 2. The van der Waals surface area contributed by atoms with Gasteiger partial charge in [0.15, 0.2) is 5.82 Å². The Kier molecular flexibility index (Phi) is 5.95. The molecule has 0 bridgehead atoms. The van der Waals surface area contributed by atoms with Gasteiger partial charge in [-0.15, -0.1) is 0 Å². The van der Waals surface area contributed by atoms with Crippen molar-refractivity contribution in [3.63, 3.8) is 0 Å². The van der Waals surface area contributed by atoms with Gasteiger partial charge in [0.1, 0.15) is 6.54 Å². The number of esters is 1. The number of halogens is 2. The molecule has 6 heteroatoms. The van der Waals surface area contributed by atoms with Crippen LogP contribution in [0.3, 0.4) is 0 Å². The Balaban J connectivity index is 3.00. The van der Waals surface area contributed by atoms with E-state index in [0.717, 1.165) is 0 Å². The fraction of sp³-hybridized carbons (Fsp3) is 0.429. The van der Waals surface area contributed by atoms with E-state index in [0.29, 0.717) is 0 Å². The van der Waals surface area contributed by atoms with Gasteiger partial charge in [-0.2, -0.15) is 0 Å². The van der Waals surface area contributed by atoms with Gasteiger partial charge in [0.05, 0.1) is 17.2 Å². The Morgan fingerprint density at radius 3 is 2.60 bits per heavy atom. The molecule has 1 aromatic rings. The molecule has 0 atom stereocenters. The van der Waals surface area contributed by atoms with Crippen molar-refractivity contribution in [1.29, 1.82) is 0 Å². The van der Waals surface area contributed by atoms with E-state index in [1.54, 1.807) is 20.8 Å². The predicted molar refractivity (Wildman–Crippen MR) is 74.2 cm³/mol. The number of ether oxygens (including phenoxy) is 1. The lowest BCUT2D eigenvalue weighted by Gasteiger charge is -2.26. The van der Waals surface area contributed by atoms with E-state index in [2.05, 4.69) is 0 Å². The third-order valence-corrected chi connectivity index (χ3v) is 2.96. The summed E-state index contributed by atoms with van der Waals surface area (Å²) in [6, 6.07) is 3.91. The van der Waals surface area contributed by atoms with Gasteiger partial charge in [-0.05, 0) is 32.9 Å². The van der Waals surface area contributed by atoms with E-state index < -0.39 is 17.7 Å². The first-order valence-electron chi connectivity index (χ1n) is 6.29. The molecule has 1 amide bonds. The summed E-state index contributed by atoms with van der Waals surface area (Å²) in [4.78, 5) is 25.1. The maximum Gasteiger partial charge on any atom is 0.325 e. The number of amides is 1. The van der Waals surface area contributed by atoms with Crippen molar-refractivity contribution in [3.8, 4) is 0 Å². The van der Waals surface area contributed by atoms with Gasteiger partial charge < -0.3 is 9.64 Å². The van der Waals surface area contributed by atoms with Gasteiger partial charge in [0, 0.05) is 6.04 Å². The number of carbonyl (C=O) groups excluding carboxylic acids is 2. The Labute approximate surface area is 122 Å². The van der Waals surface area contributed by atoms with Gasteiger partial charge >= 0.3 is 5.97 Å². The fourth-order valence-electron chi connectivity index (χ4n) is 1.66. The maximum absolute atomic E-state index is 13.9. The molecule has 20 heavy (non-hydrogen) atoms. The van der Waals surface area contributed by atoms with Crippen LogP contribution in [0.2, 0.25) is 5.02 Å². The predicted octanol–water partition coefficient (Wildman–Crippen LogP) is 2.89. The molecule has 0 radical (unpaired) electrons. The molecule has 0 spiro atoms. The zero-order chi connectivity index (χ0) is 15.3. The average molecular weight is 302 g/mol. The van der Waals surface area contributed by atoms with Crippen molar-refractivity contribution < 1.29 is 18.7 Å². The third-order valence-electron chi connectivity index (χ3n) is 2.67. The summed E-state index contributed by atoms with van der Waals surface area (Å²) < 4.78 is 18.7. The zero-order valence-corrected chi connectivity index (χ0v) is 12.4. The third kappa shape index (κ3) is 3.93. The smallest absolute Gasteiger partial charge is 0.325 e. The van der Waals surface area contributed by atoms with Crippen LogP contribution in [-0.4, -0.2) is 36.0 Å². The van der Waals surface area contributed by atoms with Crippen molar-refractivity contribution in [2.45, 2.75) is 26.8 Å². The van der Waals surface area contributed by atoms with E-state index in [9.17, 15) is 14.0 Å². The largest absolute Gasteiger partial charge is 0.465 e.